The first kappa shape index (κ1) is 18.2. The second-order valence-corrected chi connectivity index (χ2v) is 7.89. The van der Waals surface area contributed by atoms with Crippen LogP contribution < -0.4 is 0 Å². The van der Waals surface area contributed by atoms with Crippen LogP contribution in [0.15, 0.2) is 34.5 Å². The quantitative estimate of drug-likeness (QED) is 0.845. The van der Waals surface area contributed by atoms with Gasteiger partial charge in [0.25, 0.3) is 11.6 Å². The minimum atomic E-state index is -4.47. The number of amides is 1. The second kappa shape index (κ2) is 6.07. The van der Waals surface area contributed by atoms with Gasteiger partial charge in [0.05, 0.1) is 5.41 Å². The Balaban J connectivity index is 1.29. The fourth-order valence-electron chi connectivity index (χ4n) is 4.31. The molecule has 11 heteroatoms. The Morgan fingerprint density at radius 1 is 1.17 bits per heavy atom. The van der Waals surface area contributed by atoms with E-state index in [-0.39, 0.29) is 37.3 Å². The van der Waals surface area contributed by atoms with Gasteiger partial charge in [0.15, 0.2) is 5.82 Å². The summed E-state index contributed by atoms with van der Waals surface area (Å²) in [5, 5.41) is 20.9. The summed E-state index contributed by atoms with van der Waals surface area (Å²) in [5.74, 6) is -0.275. The molecular formula is C18H18F3N7O. The number of H-pyrrole nitrogens is 1. The lowest BCUT2D eigenvalue weighted by Crippen LogP contribution is -2.47. The number of hydrogen-bond acceptors (Lipinski definition) is 6. The van der Waals surface area contributed by atoms with E-state index in [1.807, 2.05) is 18.2 Å². The summed E-state index contributed by atoms with van der Waals surface area (Å²) in [7, 11) is 0. The second-order valence-electron chi connectivity index (χ2n) is 7.89. The predicted octanol–water partition coefficient (Wildman–Crippen LogP) is 2.86. The maximum atomic E-state index is 13.2. The number of nitrogens with one attached hydrogen (secondary N) is 1. The monoisotopic (exact) mass is 405 g/mol. The molecule has 0 atom stereocenters. The molecule has 1 amide bonds. The van der Waals surface area contributed by atoms with Crippen LogP contribution in [0, 0.1) is 5.92 Å². The van der Waals surface area contributed by atoms with Crippen molar-refractivity contribution in [2.75, 3.05) is 13.1 Å². The zero-order valence-electron chi connectivity index (χ0n) is 15.4. The lowest BCUT2D eigenvalue weighted by atomic mass is 9.86. The average Bonchev–Trinajstić information content (AvgIpc) is 3.65. The van der Waals surface area contributed by atoms with Crippen LogP contribution in [0.1, 0.15) is 47.4 Å². The molecular weight excluding hydrogens is 387 g/mol. The molecule has 2 aliphatic heterocycles. The lowest BCUT2D eigenvalue weighted by Gasteiger charge is -2.34. The normalized spacial score (nSPS) is 22.5. The number of likely N-dealkylation sites (tertiary alicyclic amines) is 1. The molecule has 3 heterocycles. The molecule has 152 valence electrons. The number of piperidine rings is 1. The van der Waals surface area contributed by atoms with Gasteiger partial charge in [-0.25, -0.2) is 0 Å². The molecule has 0 spiro atoms. The van der Waals surface area contributed by atoms with Gasteiger partial charge in [0.2, 0.25) is 0 Å². The highest BCUT2D eigenvalue weighted by Crippen LogP contribution is 2.53. The van der Waals surface area contributed by atoms with Gasteiger partial charge < -0.3 is 4.90 Å². The van der Waals surface area contributed by atoms with E-state index in [9.17, 15) is 18.0 Å². The topological polar surface area (TPSA) is 99.5 Å². The fraction of sp³-hybridized carbons (Fsp3) is 0.556. The van der Waals surface area contributed by atoms with Crippen LogP contribution in [0.5, 0.6) is 0 Å². The van der Waals surface area contributed by atoms with Gasteiger partial charge in [-0.15, -0.1) is 20.4 Å². The van der Waals surface area contributed by atoms with Crippen LogP contribution in [-0.2, 0) is 5.41 Å². The largest absolute Gasteiger partial charge is 0.437 e. The van der Waals surface area contributed by atoms with Gasteiger partial charge in [-0.3, -0.25) is 4.79 Å². The number of aromatic nitrogens is 4. The van der Waals surface area contributed by atoms with E-state index in [0.29, 0.717) is 11.4 Å². The van der Waals surface area contributed by atoms with Gasteiger partial charge >= 0.3 is 6.18 Å². The zero-order chi connectivity index (χ0) is 20.3. The Bertz CT molecular complexity index is 954. The average molecular weight is 405 g/mol. The summed E-state index contributed by atoms with van der Waals surface area (Å²) < 4.78 is 39.6. The third-order valence-corrected chi connectivity index (χ3v) is 6.27. The number of tetrazole rings is 1. The van der Waals surface area contributed by atoms with Crippen LogP contribution in [-0.4, -0.2) is 56.4 Å². The highest BCUT2D eigenvalue weighted by atomic mass is 19.4. The highest BCUT2D eigenvalue weighted by molar-refractivity contribution is 5.94. The first-order chi connectivity index (χ1) is 13.9. The molecule has 1 saturated carbocycles. The Morgan fingerprint density at radius 3 is 2.45 bits per heavy atom. The van der Waals surface area contributed by atoms with Crippen molar-refractivity contribution in [1.29, 1.82) is 0 Å². The van der Waals surface area contributed by atoms with Gasteiger partial charge in [0, 0.05) is 24.6 Å². The summed E-state index contributed by atoms with van der Waals surface area (Å²) in [5.41, 5.74) is -1.09. The lowest BCUT2D eigenvalue weighted by molar-refractivity contribution is -0.179. The Morgan fingerprint density at radius 2 is 1.90 bits per heavy atom. The molecule has 8 nitrogen and oxygen atoms in total. The third kappa shape index (κ3) is 2.82. The zero-order valence-corrected chi connectivity index (χ0v) is 15.4. The SMILES string of the molecule is O=C(c1cccc(C2(c3nn[nH]n3)CC2)c1)N1CCC(C2(C(F)(F)F)N=N2)CC1. The van der Waals surface area contributed by atoms with Crippen molar-refractivity contribution in [3.63, 3.8) is 0 Å². The predicted molar refractivity (Wildman–Crippen MR) is 92.9 cm³/mol. The molecule has 1 aliphatic carbocycles. The molecule has 1 aromatic heterocycles. The number of aromatic amines is 1. The smallest absolute Gasteiger partial charge is 0.339 e. The van der Waals surface area contributed by atoms with Crippen molar-refractivity contribution in [3.05, 3.63) is 41.2 Å². The summed E-state index contributed by atoms with van der Waals surface area (Å²) in [6.07, 6.45) is -2.26. The molecule has 0 unspecified atom stereocenters. The van der Waals surface area contributed by atoms with E-state index in [1.165, 1.54) is 0 Å². The van der Waals surface area contributed by atoms with E-state index in [2.05, 4.69) is 30.9 Å². The number of carbonyl (C=O) groups is 1. The summed E-state index contributed by atoms with van der Waals surface area (Å²) in [6.45, 7) is 0.513. The summed E-state index contributed by atoms with van der Waals surface area (Å²) in [4.78, 5) is 14.6. The number of alkyl halides is 3. The molecule has 1 N–H and O–H groups in total. The van der Waals surface area contributed by atoms with Crippen molar-refractivity contribution < 1.29 is 18.0 Å². The van der Waals surface area contributed by atoms with Gasteiger partial charge in [0.1, 0.15) is 0 Å². The summed E-state index contributed by atoms with van der Waals surface area (Å²) in [6, 6.07) is 7.32. The standard InChI is InChI=1S/C18H18F3N7O/c19-18(20,21)17(24-25-17)12-4-8-28(9-5-12)14(29)11-2-1-3-13(10-11)16(6-7-16)15-22-26-27-23-15/h1-3,10,12H,4-9H2,(H,22,23,26,27). The number of halogens is 3. The molecule has 2 fully saturated rings. The van der Waals surface area contributed by atoms with Crippen molar-refractivity contribution in [2.45, 2.75) is 42.9 Å². The number of hydrogen-bond donors (Lipinski definition) is 1. The van der Waals surface area contributed by atoms with E-state index in [0.717, 1.165) is 18.4 Å². The van der Waals surface area contributed by atoms with Gasteiger partial charge in [-0.05, 0) is 43.4 Å². The minimum Gasteiger partial charge on any atom is -0.339 e. The third-order valence-electron chi connectivity index (χ3n) is 6.27. The minimum absolute atomic E-state index is 0.181. The van der Waals surface area contributed by atoms with E-state index in [1.54, 1.807) is 11.0 Å². The van der Waals surface area contributed by atoms with E-state index in [4.69, 9.17) is 0 Å². The van der Waals surface area contributed by atoms with E-state index < -0.39 is 17.8 Å². The van der Waals surface area contributed by atoms with Crippen LogP contribution in [0.25, 0.3) is 0 Å². The number of rotatable bonds is 4. The molecule has 5 rings (SSSR count). The Kier molecular flexibility index (Phi) is 3.81. The molecule has 1 saturated heterocycles. The highest BCUT2D eigenvalue weighted by Gasteiger charge is 2.68. The first-order valence-corrected chi connectivity index (χ1v) is 9.50. The van der Waals surface area contributed by atoms with E-state index >= 15 is 0 Å². The summed E-state index contributed by atoms with van der Waals surface area (Å²) >= 11 is 0. The molecule has 3 aliphatic rings. The molecule has 1 aromatic carbocycles. The number of carbonyl (C=O) groups excluding carboxylic acids is 1. The van der Waals surface area contributed by atoms with Crippen LogP contribution in [0.4, 0.5) is 13.2 Å². The van der Waals surface area contributed by atoms with Crippen molar-refractivity contribution >= 4 is 5.91 Å². The molecule has 2 aromatic rings. The van der Waals surface area contributed by atoms with Crippen LogP contribution >= 0.6 is 0 Å². The Labute approximate surface area is 163 Å². The van der Waals surface area contributed by atoms with Crippen molar-refractivity contribution in [3.8, 4) is 0 Å². The molecule has 29 heavy (non-hydrogen) atoms. The fourth-order valence-corrected chi connectivity index (χ4v) is 4.31. The molecule has 0 radical (unpaired) electrons. The van der Waals surface area contributed by atoms with Crippen LogP contribution in [0.2, 0.25) is 0 Å². The van der Waals surface area contributed by atoms with Crippen molar-refractivity contribution in [1.82, 2.24) is 25.5 Å². The van der Waals surface area contributed by atoms with Gasteiger partial charge in [-0.2, -0.15) is 18.4 Å². The van der Waals surface area contributed by atoms with Crippen LogP contribution in [0.3, 0.4) is 0 Å². The van der Waals surface area contributed by atoms with Crippen molar-refractivity contribution in [2.24, 2.45) is 16.1 Å². The number of nitrogens with zero attached hydrogens (tertiary/aromatic N) is 6. The maximum absolute atomic E-state index is 13.2. The first-order valence-electron chi connectivity index (χ1n) is 9.50. The number of benzene rings is 1. The van der Waals surface area contributed by atoms with Gasteiger partial charge in [-0.1, -0.05) is 17.3 Å². The molecule has 0 bridgehead atoms. The maximum Gasteiger partial charge on any atom is 0.437 e. The Hall–Kier alpha value is -2.85.